The van der Waals surface area contributed by atoms with Crippen molar-refractivity contribution in [3.63, 3.8) is 0 Å². The highest BCUT2D eigenvalue weighted by molar-refractivity contribution is 5.93. The number of carbonyl (C=O) groups excluding carboxylic acids is 1. The summed E-state index contributed by atoms with van der Waals surface area (Å²) in [6.07, 6.45) is -0.943. The van der Waals surface area contributed by atoms with Gasteiger partial charge < -0.3 is 4.90 Å². The number of nitrogens with one attached hydrogen (secondary N) is 1. The summed E-state index contributed by atoms with van der Waals surface area (Å²) in [5, 5.41) is 9.70. The molecule has 0 atom stereocenters. The Morgan fingerprint density at radius 1 is 1.56 bits per heavy atom. The number of halogens is 2. The summed E-state index contributed by atoms with van der Waals surface area (Å²) in [6.45, 7) is 1.08. The fraction of sp³-hybridized carbons (Fsp3) is 0.667. The van der Waals surface area contributed by atoms with Gasteiger partial charge in [-0.1, -0.05) is 0 Å². The maximum Gasteiger partial charge on any atom is 0.276 e. The van der Waals surface area contributed by atoms with Crippen molar-refractivity contribution < 1.29 is 13.6 Å². The molecule has 2 rings (SSSR count). The fourth-order valence-electron chi connectivity index (χ4n) is 1.56. The van der Waals surface area contributed by atoms with Gasteiger partial charge in [-0.25, -0.2) is 8.78 Å². The van der Waals surface area contributed by atoms with Crippen LogP contribution in [0.5, 0.6) is 0 Å². The molecule has 0 unspecified atom stereocenters. The van der Waals surface area contributed by atoms with Crippen LogP contribution in [0.3, 0.4) is 0 Å². The highest BCUT2D eigenvalue weighted by Gasteiger charge is 2.36. The van der Waals surface area contributed by atoms with Crippen LogP contribution in [0.2, 0.25) is 0 Å². The van der Waals surface area contributed by atoms with Crippen LogP contribution >= 0.6 is 0 Å². The molecule has 1 saturated carbocycles. The lowest BCUT2D eigenvalue weighted by atomic mass is 10.3. The van der Waals surface area contributed by atoms with Crippen LogP contribution in [-0.2, 0) is 0 Å². The third kappa shape index (κ3) is 2.17. The van der Waals surface area contributed by atoms with Crippen molar-refractivity contribution in [2.45, 2.75) is 32.2 Å². The molecule has 0 radical (unpaired) electrons. The molecule has 1 heterocycles. The summed E-state index contributed by atoms with van der Waals surface area (Å²) >= 11 is 0. The number of aryl methyl sites for hydroxylation is 1. The zero-order chi connectivity index (χ0) is 11.7. The zero-order valence-electron chi connectivity index (χ0n) is 8.78. The van der Waals surface area contributed by atoms with Gasteiger partial charge in [-0.15, -0.1) is 0 Å². The standard InChI is InChI=1S/C9H12F2N4O/c1-5-8(13-14-12-5)9(16)15(4-7(10)11)6-2-3-6/h6-7H,2-4H2,1H3,(H,12,13,14). The Balaban J connectivity index is 2.14. The Labute approximate surface area is 90.8 Å². The van der Waals surface area contributed by atoms with E-state index in [0.717, 1.165) is 12.8 Å². The third-order valence-electron chi connectivity index (χ3n) is 2.51. The topological polar surface area (TPSA) is 61.9 Å². The van der Waals surface area contributed by atoms with Crippen LogP contribution in [0.15, 0.2) is 0 Å². The molecule has 88 valence electrons. The van der Waals surface area contributed by atoms with Crippen molar-refractivity contribution in [3.05, 3.63) is 11.4 Å². The predicted octanol–water partition coefficient (Wildman–Crippen LogP) is 0.983. The molecule has 1 aliphatic carbocycles. The van der Waals surface area contributed by atoms with Crippen LogP contribution in [-0.4, -0.2) is 45.2 Å². The van der Waals surface area contributed by atoms with Gasteiger partial charge in [0.15, 0.2) is 5.69 Å². The minimum Gasteiger partial charge on any atom is -0.328 e. The van der Waals surface area contributed by atoms with Crippen molar-refractivity contribution in [2.75, 3.05) is 6.54 Å². The Morgan fingerprint density at radius 3 is 2.69 bits per heavy atom. The number of hydrogen-bond donors (Lipinski definition) is 1. The van der Waals surface area contributed by atoms with Crippen LogP contribution < -0.4 is 0 Å². The molecular weight excluding hydrogens is 218 g/mol. The molecular formula is C9H12F2N4O. The van der Waals surface area contributed by atoms with Crippen molar-refractivity contribution in [1.82, 2.24) is 20.3 Å². The van der Waals surface area contributed by atoms with E-state index >= 15 is 0 Å². The number of alkyl halides is 2. The van der Waals surface area contributed by atoms with Gasteiger partial charge in [-0.2, -0.15) is 15.4 Å². The normalized spacial score (nSPS) is 15.5. The van der Waals surface area contributed by atoms with Gasteiger partial charge in [-0.3, -0.25) is 4.79 Å². The lowest BCUT2D eigenvalue weighted by Gasteiger charge is -2.20. The van der Waals surface area contributed by atoms with Gasteiger partial charge in [-0.05, 0) is 19.8 Å². The minimum absolute atomic E-state index is 0.0578. The molecule has 1 aromatic heterocycles. The van der Waals surface area contributed by atoms with Crippen LogP contribution in [0, 0.1) is 6.92 Å². The highest BCUT2D eigenvalue weighted by atomic mass is 19.3. The second-order valence-corrected chi connectivity index (χ2v) is 3.84. The SMILES string of the molecule is Cc1n[nH]nc1C(=O)N(CC(F)F)C1CC1. The summed E-state index contributed by atoms with van der Waals surface area (Å²) in [5.41, 5.74) is 0.567. The summed E-state index contributed by atoms with van der Waals surface area (Å²) in [7, 11) is 0. The van der Waals surface area contributed by atoms with Crippen molar-refractivity contribution in [2.24, 2.45) is 0 Å². The second-order valence-electron chi connectivity index (χ2n) is 3.84. The summed E-state index contributed by atoms with van der Waals surface area (Å²) in [4.78, 5) is 13.1. The molecule has 7 heteroatoms. The van der Waals surface area contributed by atoms with E-state index in [9.17, 15) is 13.6 Å². The first-order valence-corrected chi connectivity index (χ1v) is 5.06. The van der Waals surface area contributed by atoms with Gasteiger partial charge in [0.25, 0.3) is 12.3 Å². The lowest BCUT2D eigenvalue weighted by Crippen LogP contribution is -2.37. The minimum atomic E-state index is -2.52. The number of aromatic amines is 1. The number of rotatable bonds is 4. The molecule has 0 aliphatic heterocycles. The average molecular weight is 230 g/mol. The van der Waals surface area contributed by atoms with E-state index in [4.69, 9.17) is 0 Å². The number of amides is 1. The van der Waals surface area contributed by atoms with Gasteiger partial charge >= 0.3 is 0 Å². The Hall–Kier alpha value is -1.53. The van der Waals surface area contributed by atoms with E-state index in [1.54, 1.807) is 6.92 Å². The summed E-state index contributed by atoms with van der Waals surface area (Å²) in [5.74, 6) is -0.464. The van der Waals surface area contributed by atoms with E-state index in [-0.39, 0.29) is 11.7 Å². The van der Waals surface area contributed by atoms with Crippen LogP contribution in [0.1, 0.15) is 29.0 Å². The summed E-state index contributed by atoms with van der Waals surface area (Å²) < 4.78 is 24.7. The predicted molar refractivity (Wildman–Crippen MR) is 51.2 cm³/mol. The smallest absolute Gasteiger partial charge is 0.276 e. The van der Waals surface area contributed by atoms with E-state index in [1.807, 2.05) is 0 Å². The number of H-pyrrole nitrogens is 1. The summed E-state index contributed by atoms with van der Waals surface area (Å²) in [6, 6.07) is -0.0578. The molecule has 0 saturated heterocycles. The Kier molecular flexibility index (Phi) is 2.84. The van der Waals surface area contributed by atoms with Gasteiger partial charge in [0.2, 0.25) is 0 Å². The van der Waals surface area contributed by atoms with Crippen molar-refractivity contribution in [3.8, 4) is 0 Å². The maximum absolute atomic E-state index is 12.3. The van der Waals surface area contributed by atoms with Gasteiger partial charge in [0.05, 0.1) is 12.2 Å². The first kappa shape index (κ1) is 11.0. The highest BCUT2D eigenvalue weighted by Crippen LogP contribution is 2.28. The van der Waals surface area contributed by atoms with Crippen molar-refractivity contribution in [1.29, 1.82) is 0 Å². The zero-order valence-corrected chi connectivity index (χ0v) is 8.78. The van der Waals surface area contributed by atoms with E-state index in [1.165, 1.54) is 4.90 Å². The number of nitrogens with zero attached hydrogens (tertiary/aromatic N) is 3. The van der Waals surface area contributed by atoms with Gasteiger partial charge in [0, 0.05) is 6.04 Å². The molecule has 5 nitrogen and oxygen atoms in total. The molecule has 1 N–H and O–H groups in total. The van der Waals surface area contributed by atoms with Crippen LogP contribution in [0.25, 0.3) is 0 Å². The first-order valence-electron chi connectivity index (χ1n) is 5.06. The second kappa shape index (κ2) is 4.15. The quantitative estimate of drug-likeness (QED) is 0.838. The molecule has 0 aromatic carbocycles. The molecule has 1 aliphatic rings. The monoisotopic (exact) mass is 230 g/mol. The largest absolute Gasteiger partial charge is 0.328 e. The molecule has 0 spiro atoms. The fourth-order valence-corrected chi connectivity index (χ4v) is 1.56. The number of hydrogen-bond acceptors (Lipinski definition) is 3. The first-order chi connectivity index (χ1) is 7.59. The maximum atomic E-state index is 12.3. The molecule has 1 aromatic rings. The van der Waals surface area contributed by atoms with E-state index in [0.29, 0.717) is 5.69 Å². The molecule has 16 heavy (non-hydrogen) atoms. The molecule has 0 bridgehead atoms. The third-order valence-corrected chi connectivity index (χ3v) is 2.51. The van der Waals surface area contributed by atoms with E-state index < -0.39 is 18.9 Å². The Morgan fingerprint density at radius 2 is 2.25 bits per heavy atom. The molecule has 1 fully saturated rings. The average Bonchev–Trinajstić information content (AvgIpc) is 2.97. The number of carbonyl (C=O) groups is 1. The molecule has 1 amide bonds. The number of aromatic nitrogens is 3. The van der Waals surface area contributed by atoms with E-state index in [2.05, 4.69) is 15.4 Å². The lowest BCUT2D eigenvalue weighted by molar-refractivity contribution is 0.0528. The Bertz CT molecular complexity index is 389. The van der Waals surface area contributed by atoms with Crippen molar-refractivity contribution >= 4 is 5.91 Å². The van der Waals surface area contributed by atoms with Crippen LogP contribution in [0.4, 0.5) is 8.78 Å². The van der Waals surface area contributed by atoms with Gasteiger partial charge in [0.1, 0.15) is 0 Å².